The zero-order chi connectivity index (χ0) is 46.7. The monoisotopic (exact) mass is 927 g/mol. The van der Waals surface area contributed by atoms with Crippen LogP contribution in [-0.4, -0.2) is 97.7 Å². The van der Waals surface area contributed by atoms with Crippen molar-refractivity contribution in [2.45, 2.75) is 103 Å². The third-order valence-electron chi connectivity index (χ3n) is 13.7. The van der Waals surface area contributed by atoms with Crippen LogP contribution >= 0.6 is 11.3 Å². The first-order chi connectivity index (χ1) is 32.4. The molecule has 4 aliphatic rings. The number of aromatic nitrogens is 5. The number of likely N-dealkylation sites (tertiary alicyclic amines) is 2. The number of thiophene rings is 1. The van der Waals surface area contributed by atoms with Crippen LogP contribution in [0.1, 0.15) is 112 Å². The molecule has 17 heteroatoms. The zero-order valence-corrected chi connectivity index (χ0v) is 39.4. The molecule has 0 bridgehead atoms. The van der Waals surface area contributed by atoms with E-state index in [1.807, 2.05) is 61.2 Å². The number of nitrogens with zero attached hydrogens (tertiary/aromatic N) is 5. The molecule has 4 aromatic heterocycles. The minimum Gasteiger partial charge on any atom is -0.464 e. The van der Waals surface area contributed by atoms with Gasteiger partial charge in [0.2, 0.25) is 18.0 Å². The first-order valence-electron chi connectivity index (χ1n) is 23.4. The van der Waals surface area contributed by atoms with E-state index in [2.05, 4.69) is 79.8 Å². The van der Waals surface area contributed by atoms with E-state index in [4.69, 9.17) is 24.2 Å². The second kappa shape index (κ2) is 17.9. The Balaban J connectivity index is 0.946. The van der Waals surface area contributed by atoms with Crippen molar-refractivity contribution in [1.29, 1.82) is 0 Å². The fourth-order valence-corrected chi connectivity index (χ4v) is 11.2. The van der Waals surface area contributed by atoms with E-state index in [1.165, 1.54) is 31.9 Å². The van der Waals surface area contributed by atoms with E-state index in [0.29, 0.717) is 30.7 Å². The summed E-state index contributed by atoms with van der Waals surface area (Å²) in [5.41, 5.74) is 6.60. The van der Waals surface area contributed by atoms with Crippen LogP contribution in [0.2, 0.25) is 0 Å². The lowest BCUT2D eigenvalue weighted by molar-refractivity contribution is -0.136. The van der Waals surface area contributed by atoms with Crippen molar-refractivity contribution in [3.63, 3.8) is 0 Å². The number of aromatic amines is 2. The van der Waals surface area contributed by atoms with Gasteiger partial charge < -0.3 is 44.6 Å². The summed E-state index contributed by atoms with van der Waals surface area (Å²) in [4.78, 5) is 74.7. The Labute approximate surface area is 392 Å². The Hall–Kier alpha value is -6.62. The quantitative estimate of drug-likeness (QED) is 0.0928. The van der Waals surface area contributed by atoms with Crippen molar-refractivity contribution < 1.29 is 33.4 Å². The fourth-order valence-electron chi connectivity index (χ4n) is 10.0. The van der Waals surface area contributed by atoms with Gasteiger partial charge >= 0.3 is 12.2 Å². The van der Waals surface area contributed by atoms with Gasteiger partial charge in [0.25, 0.3) is 0 Å². The van der Waals surface area contributed by atoms with Crippen molar-refractivity contribution in [2.75, 3.05) is 27.3 Å². The van der Waals surface area contributed by atoms with Gasteiger partial charge in [0.15, 0.2) is 0 Å². The lowest BCUT2D eigenvalue weighted by Gasteiger charge is -2.30. The number of amides is 4. The number of carbonyl (C=O) groups is 4. The number of imidazole rings is 2. The largest absolute Gasteiger partial charge is 0.464 e. The third-order valence-corrected chi connectivity index (χ3v) is 15.0. The average molecular weight is 928 g/mol. The van der Waals surface area contributed by atoms with E-state index >= 15 is 0 Å². The van der Waals surface area contributed by atoms with Gasteiger partial charge in [-0.1, -0.05) is 39.8 Å². The highest BCUT2D eigenvalue weighted by Gasteiger charge is 2.40. The highest BCUT2D eigenvalue weighted by atomic mass is 32.1. The van der Waals surface area contributed by atoms with Crippen LogP contribution in [0.5, 0.6) is 5.75 Å². The topological polar surface area (TPSA) is 189 Å². The van der Waals surface area contributed by atoms with Gasteiger partial charge in [0, 0.05) is 40.0 Å². The van der Waals surface area contributed by atoms with E-state index in [1.54, 1.807) is 0 Å². The number of ether oxygens (including phenoxy) is 3. The van der Waals surface area contributed by atoms with Gasteiger partial charge in [-0.2, -0.15) is 0 Å². The maximum absolute atomic E-state index is 13.8. The van der Waals surface area contributed by atoms with E-state index < -0.39 is 30.5 Å². The standard InChI is InChI=1S/C50H57N9O7S/c1-26(2)42(55-49(62)64-5)46(60)57-19-7-9-36(57)44-51-24-33(53-44)29-14-16-35-31(21-29)22-38-32-15-13-30(23-39(32)66-48(59(35)38)41-18-17-40(67-41)28-11-12-28)34-25-52-45(54-34)37-10-8-20-58(37)47(61)43(27(3)4)56-50(63)65-6/h13-18,21-28,36-37,42-43,48H,7-12,19-20H2,1-6H3,(H,51,53)(H,52,54)(H,55,62)(H,56,63). The molecule has 0 spiro atoms. The fraction of sp³-hybridized carbons (Fsp3) is 0.440. The number of hydrogen-bond donors (Lipinski definition) is 4. The van der Waals surface area contributed by atoms with Crippen molar-refractivity contribution >= 4 is 46.2 Å². The van der Waals surface area contributed by atoms with E-state index in [-0.39, 0.29) is 35.7 Å². The minimum atomic E-state index is -0.716. The van der Waals surface area contributed by atoms with Crippen molar-refractivity contribution in [1.82, 2.24) is 44.9 Å². The maximum atomic E-state index is 13.8. The lowest BCUT2D eigenvalue weighted by Crippen LogP contribution is -2.51. The molecule has 5 atom stereocenters. The van der Waals surface area contributed by atoms with E-state index in [9.17, 15) is 19.2 Å². The Morgan fingerprint density at radius 1 is 0.716 bits per heavy atom. The van der Waals surface area contributed by atoms with Gasteiger partial charge in [-0.3, -0.25) is 14.2 Å². The number of carbonyl (C=O) groups excluding carboxylic acids is 4. The zero-order valence-electron chi connectivity index (χ0n) is 38.6. The predicted octanol–water partition coefficient (Wildman–Crippen LogP) is 9.05. The van der Waals surface area contributed by atoms with Crippen molar-refractivity contribution in [3.05, 3.63) is 88.4 Å². The summed E-state index contributed by atoms with van der Waals surface area (Å²) in [7, 11) is 2.59. The molecule has 3 fully saturated rings. The summed E-state index contributed by atoms with van der Waals surface area (Å²) < 4.78 is 19.0. The molecule has 16 nitrogen and oxygen atoms in total. The lowest BCUT2D eigenvalue weighted by atomic mass is 10.0. The van der Waals surface area contributed by atoms with Gasteiger partial charge in [-0.15, -0.1) is 11.3 Å². The number of rotatable bonds is 12. The molecule has 3 aliphatic heterocycles. The summed E-state index contributed by atoms with van der Waals surface area (Å²) in [6.45, 7) is 8.78. The number of alkyl carbamates (subject to hydrolysis) is 2. The number of H-pyrrole nitrogens is 2. The first kappa shape index (κ1) is 44.2. The molecule has 6 aromatic rings. The molecule has 5 unspecified atom stereocenters. The van der Waals surface area contributed by atoms with Crippen LogP contribution < -0.4 is 15.4 Å². The number of hydrogen-bond acceptors (Lipinski definition) is 10. The van der Waals surface area contributed by atoms with Crippen molar-refractivity contribution in [2.24, 2.45) is 11.8 Å². The third kappa shape index (κ3) is 8.31. The molecule has 4 amide bonds. The maximum Gasteiger partial charge on any atom is 0.407 e. The Kier molecular flexibility index (Phi) is 11.8. The number of methoxy groups -OCH3 is 2. The molecular formula is C50H57N9O7S. The smallest absolute Gasteiger partial charge is 0.407 e. The normalized spacial score (nSPS) is 19.9. The van der Waals surface area contributed by atoms with E-state index in [0.717, 1.165) is 81.0 Å². The molecule has 4 N–H and O–H groups in total. The van der Waals surface area contributed by atoms with Gasteiger partial charge in [0.1, 0.15) is 29.5 Å². The molecule has 7 heterocycles. The number of fused-ring (bicyclic) bond motifs is 5. The number of benzene rings is 2. The van der Waals surface area contributed by atoms with Crippen molar-refractivity contribution in [3.8, 4) is 39.5 Å². The van der Waals surface area contributed by atoms with Crippen LogP contribution in [0.15, 0.2) is 67.0 Å². The summed E-state index contributed by atoms with van der Waals surface area (Å²) in [5.74, 6) is 2.24. The second-order valence-electron chi connectivity index (χ2n) is 18.8. The molecule has 2 aromatic carbocycles. The summed E-state index contributed by atoms with van der Waals surface area (Å²) in [5, 5.41) is 6.50. The Morgan fingerprint density at radius 2 is 1.27 bits per heavy atom. The summed E-state index contributed by atoms with van der Waals surface area (Å²) >= 11 is 1.82. The van der Waals surface area contributed by atoms with Crippen LogP contribution in [0.25, 0.3) is 44.7 Å². The van der Waals surface area contributed by atoms with Crippen LogP contribution in [0.3, 0.4) is 0 Å². The average Bonchev–Trinajstić information content (AvgIpc) is 4.05. The van der Waals surface area contributed by atoms with Crippen LogP contribution in [-0.2, 0) is 19.1 Å². The highest BCUT2D eigenvalue weighted by molar-refractivity contribution is 7.12. The number of nitrogens with one attached hydrogen (secondary N) is 4. The molecule has 67 heavy (non-hydrogen) atoms. The first-order valence-corrected chi connectivity index (χ1v) is 24.2. The van der Waals surface area contributed by atoms with Crippen LogP contribution in [0.4, 0.5) is 9.59 Å². The molecule has 0 radical (unpaired) electrons. The molecule has 1 aliphatic carbocycles. The molecular weight excluding hydrogens is 871 g/mol. The molecule has 10 rings (SSSR count). The molecule has 2 saturated heterocycles. The van der Waals surface area contributed by atoms with Gasteiger partial charge in [-0.05, 0) is 98.7 Å². The summed E-state index contributed by atoms with van der Waals surface area (Å²) in [6.07, 6.45) is 7.61. The second-order valence-corrected chi connectivity index (χ2v) is 20.0. The van der Waals surface area contributed by atoms with Gasteiger partial charge in [0.05, 0.1) is 66.2 Å². The minimum absolute atomic E-state index is 0.125. The molecule has 350 valence electrons. The van der Waals surface area contributed by atoms with Crippen LogP contribution in [0, 0.1) is 11.8 Å². The molecule has 1 saturated carbocycles. The van der Waals surface area contributed by atoms with Gasteiger partial charge in [-0.25, -0.2) is 19.6 Å². The SMILES string of the molecule is COC(=O)NC(C(=O)N1CCCC1c1ncc(-c2ccc3c(c2)OC(c2ccc(C4CC4)s2)n2c-3cc3cc(-c4cnc(C5CCCN5C(=O)C(NC(=O)OC)C(C)C)[nH]4)ccc32)[nH]1)C(C)C. The highest BCUT2D eigenvalue weighted by Crippen LogP contribution is 2.49. The Bertz CT molecular complexity index is 2850. The predicted molar refractivity (Wildman–Crippen MR) is 253 cm³/mol. The summed E-state index contributed by atoms with van der Waals surface area (Å²) in [6, 6.07) is 17.5. The Morgan fingerprint density at radius 3 is 1.82 bits per heavy atom.